The highest BCUT2D eigenvalue weighted by Crippen LogP contribution is 2.09. The van der Waals surface area contributed by atoms with E-state index >= 15 is 0 Å². The smallest absolute Gasteiger partial charge is 0.354 e. The van der Waals surface area contributed by atoms with E-state index in [4.69, 9.17) is 5.11 Å². The molecule has 0 radical (unpaired) electrons. The first-order valence-electron chi connectivity index (χ1n) is 6.36. The van der Waals surface area contributed by atoms with Crippen LogP contribution in [0.25, 0.3) is 0 Å². The van der Waals surface area contributed by atoms with Crippen molar-refractivity contribution in [1.29, 1.82) is 0 Å². The van der Waals surface area contributed by atoms with E-state index in [1.54, 1.807) is 17.9 Å². The zero-order valence-electron chi connectivity index (χ0n) is 12.1. The minimum Gasteiger partial charge on any atom is -0.477 e. The van der Waals surface area contributed by atoms with Crippen LogP contribution in [0.4, 0.5) is 0 Å². The highest BCUT2D eigenvalue weighted by atomic mass is 16.4. The number of amides is 1. The van der Waals surface area contributed by atoms with E-state index < -0.39 is 5.97 Å². The van der Waals surface area contributed by atoms with Gasteiger partial charge in [-0.25, -0.2) is 9.48 Å². The summed E-state index contributed by atoms with van der Waals surface area (Å²) in [5.74, 6) is -1.32. The first-order valence-corrected chi connectivity index (χ1v) is 6.36. The Labute approximate surface area is 121 Å². The molecule has 0 unspecified atom stereocenters. The molecule has 0 aliphatic rings. The van der Waals surface area contributed by atoms with Gasteiger partial charge in [-0.3, -0.25) is 9.48 Å². The van der Waals surface area contributed by atoms with Crippen LogP contribution in [0.5, 0.6) is 0 Å². The zero-order valence-corrected chi connectivity index (χ0v) is 12.1. The summed E-state index contributed by atoms with van der Waals surface area (Å²) < 4.78 is 2.92. The van der Waals surface area contributed by atoms with Gasteiger partial charge in [-0.1, -0.05) is 0 Å². The third-order valence-electron chi connectivity index (χ3n) is 3.39. The number of aromatic nitrogens is 4. The van der Waals surface area contributed by atoms with Crippen molar-refractivity contribution >= 4 is 11.9 Å². The third-order valence-corrected chi connectivity index (χ3v) is 3.39. The van der Waals surface area contributed by atoms with Gasteiger partial charge in [-0.2, -0.15) is 10.2 Å². The molecule has 2 rings (SSSR count). The van der Waals surface area contributed by atoms with Crippen LogP contribution in [-0.2, 0) is 24.9 Å². The first kappa shape index (κ1) is 14.8. The average Bonchev–Trinajstić information content (AvgIpc) is 3.00. The Morgan fingerprint density at radius 1 is 1.38 bits per heavy atom. The summed E-state index contributed by atoms with van der Waals surface area (Å²) in [5.41, 5.74) is 1.93. The van der Waals surface area contributed by atoms with Gasteiger partial charge in [0.15, 0.2) is 0 Å². The molecule has 0 bridgehead atoms. The summed E-state index contributed by atoms with van der Waals surface area (Å²) in [6, 6.07) is 1.36. The normalized spacial score (nSPS) is 10.6. The van der Waals surface area contributed by atoms with Crippen molar-refractivity contribution in [3.63, 3.8) is 0 Å². The third kappa shape index (κ3) is 3.10. The lowest BCUT2D eigenvalue weighted by atomic mass is 10.2. The number of aryl methyl sites for hydroxylation is 1. The summed E-state index contributed by atoms with van der Waals surface area (Å²) in [6.45, 7) is 2.24. The molecule has 1 N–H and O–H groups in total. The zero-order chi connectivity index (χ0) is 15.6. The lowest BCUT2D eigenvalue weighted by Gasteiger charge is -2.17. The maximum absolute atomic E-state index is 12.2. The van der Waals surface area contributed by atoms with Gasteiger partial charge in [0.1, 0.15) is 12.2 Å². The number of hydrogen-bond acceptors (Lipinski definition) is 4. The van der Waals surface area contributed by atoms with Gasteiger partial charge in [-0.05, 0) is 13.0 Å². The van der Waals surface area contributed by atoms with E-state index in [2.05, 4.69) is 10.2 Å². The minimum atomic E-state index is -1.11. The second-order valence-electron chi connectivity index (χ2n) is 4.81. The molecule has 0 spiro atoms. The SMILES string of the molecule is Cc1c(CN(C)C(=O)Cn2nccc2C(=O)O)cnn1C. The Morgan fingerprint density at radius 2 is 2.10 bits per heavy atom. The maximum atomic E-state index is 12.2. The van der Waals surface area contributed by atoms with E-state index in [1.807, 2.05) is 14.0 Å². The van der Waals surface area contributed by atoms with Crippen LogP contribution in [0, 0.1) is 6.92 Å². The fraction of sp³-hybridized carbons (Fsp3) is 0.385. The highest BCUT2D eigenvalue weighted by Gasteiger charge is 2.17. The second-order valence-corrected chi connectivity index (χ2v) is 4.81. The average molecular weight is 291 g/mol. The fourth-order valence-corrected chi connectivity index (χ4v) is 1.93. The molecule has 2 heterocycles. The topological polar surface area (TPSA) is 93.2 Å². The van der Waals surface area contributed by atoms with Crippen molar-refractivity contribution in [3.8, 4) is 0 Å². The molecule has 8 heteroatoms. The lowest BCUT2D eigenvalue weighted by Crippen LogP contribution is -2.31. The monoisotopic (exact) mass is 291 g/mol. The van der Waals surface area contributed by atoms with Crippen molar-refractivity contribution in [2.45, 2.75) is 20.0 Å². The summed E-state index contributed by atoms with van der Waals surface area (Å²) in [4.78, 5) is 24.7. The van der Waals surface area contributed by atoms with Gasteiger partial charge >= 0.3 is 5.97 Å². The van der Waals surface area contributed by atoms with Crippen molar-refractivity contribution in [3.05, 3.63) is 35.4 Å². The predicted molar refractivity (Wildman–Crippen MR) is 73.6 cm³/mol. The number of likely N-dealkylation sites (N-methyl/N-ethyl adjacent to an activating group) is 1. The number of nitrogens with zero attached hydrogens (tertiary/aromatic N) is 5. The van der Waals surface area contributed by atoms with Crippen LogP contribution in [0.15, 0.2) is 18.5 Å². The van der Waals surface area contributed by atoms with Crippen LogP contribution < -0.4 is 0 Å². The van der Waals surface area contributed by atoms with Crippen LogP contribution in [-0.4, -0.2) is 48.5 Å². The number of hydrogen-bond donors (Lipinski definition) is 1. The molecule has 0 aliphatic heterocycles. The molecule has 0 saturated carbocycles. The molecule has 0 atom stereocenters. The Morgan fingerprint density at radius 3 is 2.67 bits per heavy atom. The molecule has 0 fully saturated rings. The van der Waals surface area contributed by atoms with Crippen molar-refractivity contribution in [1.82, 2.24) is 24.5 Å². The Balaban J connectivity index is 2.04. The number of carbonyl (C=O) groups is 2. The number of rotatable bonds is 5. The summed E-state index contributed by atoms with van der Waals surface area (Å²) in [5, 5.41) is 17.0. The van der Waals surface area contributed by atoms with Crippen molar-refractivity contribution in [2.24, 2.45) is 7.05 Å². The summed E-state index contributed by atoms with van der Waals surface area (Å²) in [7, 11) is 3.50. The molecule has 2 aromatic heterocycles. The fourth-order valence-electron chi connectivity index (χ4n) is 1.93. The van der Waals surface area contributed by atoms with Crippen molar-refractivity contribution in [2.75, 3.05) is 7.05 Å². The van der Waals surface area contributed by atoms with Crippen LogP contribution in [0.1, 0.15) is 21.7 Å². The lowest BCUT2D eigenvalue weighted by molar-refractivity contribution is -0.131. The first-order chi connectivity index (χ1) is 9.90. The van der Waals surface area contributed by atoms with Crippen molar-refractivity contribution < 1.29 is 14.7 Å². The Bertz CT molecular complexity index is 673. The van der Waals surface area contributed by atoms with E-state index in [-0.39, 0.29) is 18.1 Å². The largest absolute Gasteiger partial charge is 0.477 e. The second kappa shape index (κ2) is 5.78. The van der Waals surface area contributed by atoms with Crippen LogP contribution in [0.3, 0.4) is 0 Å². The summed E-state index contributed by atoms with van der Waals surface area (Å²) >= 11 is 0. The molecule has 0 aliphatic carbocycles. The molecule has 21 heavy (non-hydrogen) atoms. The highest BCUT2D eigenvalue weighted by molar-refractivity contribution is 5.86. The van der Waals surface area contributed by atoms with E-state index in [0.29, 0.717) is 6.54 Å². The predicted octanol–water partition coefficient (Wildman–Crippen LogP) is 0.282. The van der Waals surface area contributed by atoms with Gasteiger partial charge < -0.3 is 10.0 Å². The molecule has 112 valence electrons. The number of carboxylic acid groups (broad SMARTS) is 1. The van der Waals surface area contributed by atoms with E-state index in [0.717, 1.165) is 11.3 Å². The van der Waals surface area contributed by atoms with Gasteiger partial charge in [0.2, 0.25) is 5.91 Å². The van der Waals surface area contributed by atoms with E-state index in [9.17, 15) is 9.59 Å². The van der Waals surface area contributed by atoms with Crippen LogP contribution in [0.2, 0.25) is 0 Å². The molecule has 1 amide bonds. The standard InChI is InChI=1S/C13H17N5O3/c1-9-10(6-15-17(9)3)7-16(2)12(19)8-18-11(13(20)21)4-5-14-18/h4-6H,7-8H2,1-3H3,(H,20,21). The number of aromatic carboxylic acids is 1. The minimum absolute atomic E-state index is 0.00527. The van der Waals surface area contributed by atoms with Gasteiger partial charge in [0.25, 0.3) is 0 Å². The number of carbonyl (C=O) groups excluding carboxylic acids is 1. The van der Waals surface area contributed by atoms with Gasteiger partial charge in [-0.15, -0.1) is 0 Å². The Kier molecular flexibility index (Phi) is 4.06. The van der Waals surface area contributed by atoms with Gasteiger partial charge in [0, 0.05) is 38.1 Å². The molecule has 2 aromatic rings. The molecular formula is C13H17N5O3. The molecular weight excluding hydrogens is 274 g/mol. The molecule has 0 saturated heterocycles. The number of carboxylic acids is 1. The van der Waals surface area contributed by atoms with E-state index in [1.165, 1.54) is 21.8 Å². The Hall–Kier alpha value is -2.64. The quantitative estimate of drug-likeness (QED) is 0.854. The summed E-state index contributed by atoms with van der Waals surface area (Å²) in [6.07, 6.45) is 3.08. The van der Waals surface area contributed by atoms with Gasteiger partial charge in [0.05, 0.1) is 6.20 Å². The maximum Gasteiger partial charge on any atom is 0.354 e. The molecule has 0 aromatic carbocycles. The van der Waals surface area contributed by atoms with Crippen LogP contribution >= 0.6 is 0 Å². The molecule has 8 nitrogen and oxygen atoms in total.